The molecule has 0 bridgehead atoms. The summed E-state index contributed by atoms with van der Waals surface area (Å²) in [6.07, 6.45) is 6.75. The number of rotatable bonds is 14. The van der Waals surface area contributed by atoms with E-state index in [2.05, 4.69) is 12.2 Å². The predicted octanol–water partition coefficient (Wildman–Crippen LogP) is 5.01. The molecule has 1 rings (SSSR count). The van der Waals surface area contributed by atoms with Crippen LogP contribution in [0.5, 0.6) is 11.5 Å². The first-order chi connectivity index (χ1) is 13.8. The van der Waals surface area contributed by atoms with Gasteiger partial charge in [0.15, 0.2) is 0 Å². The molecule has 0 unspecified atom stereocenters. The maximum atomic E-state index is 12.3. The van der Waals surface area contributed by atoms with Crippen molar-refractivity contribution in [1.82, 2.24) is 5.32 Å². The summed E-state index contributed by atoms with van der Waals surface area (Å²) in [7, 11) is 0. The Morgan fingerprint density at radius 1 is 1.07 bits per heavy atom. The Hall–Kier alpha value is -1.59. The Balaban J connectivity index is 2.59. The molecule has 1 atom stereocenters. The molecule has 0 aromatic heterocycles. The Kier molecular flexibility index (Phi) is 11.9. The van der Waals surface area contributed by atoms with Gasteiger partial charge in [0.1, 0.15) is 24.2 Å². The number of nitrogens with one attached hydrogen (secondary N) is 1. The molecular formula is C24H41NO4. The lowest BCUT2D eigenvalue weighted by Gasteiger charge is -2.19. The summed E-state index contributed by atoms with van der Waals surface area (Å²) in [6.45, 7) is 12.8. The maximum Gasteiger partial charge on any atom is 0.311 e. The van der Waals surface area contributed by atoms with Crippen molar-refractivity contribution in [1.29, 1.82) is 0 Å². The van der Waals surface area contributed by atoms with E-state index >= 15 is 0 Å². The van der Waals surface area contributed by atoms with Gasteiger partial charge in [-0.05, 0) is 49.9 Å². The largest absolute Gasteiger partial charge is 0.491 e. The SMILES string of the molecule is CCCCCCCCC(=O)Oc1c(C)cc(OC[C@@H](O)CNC(C)C)c(C)c1C. The van der Waals surface area contributed by atoms with Crippen LogP contribution < -0.4 is 14.8 Å². The molecular weight excluding hydrogens is 366 g/mol. The van der Waals surface area contributed by atoms with Crippen LogP contribution >= 0.6 is 0 Å². The molecule has 0 aliphatic heterocycles. The minimum atomic E-state index is -0.577. The molecule has 1 aromatic rings. The number of unbranched alkanes of at least 4 members (excludes halogenated alkanes) is 5. The number of esters is 1. The number of hydrogen-bond donors (Lipinski definition) is 2. The van der Waals surface area contributed by atoms with E-state index in [1.54, 1.807) is 0 Å². The molecule has 0 aliphatic carbocycles. The predicted molar refractivity (Wildman–Crippen MR) is 119 cm³/mol. The molecule has 166 valence electrons. The van der Waals surface area contributed by atoms with Gasteiger partial charge in [-0.15, -0.1) is 0 Å². The molecule has 1 aromatic carbocycles. The summed E-state index contributed by atoms with van der Waals surface area (Å²) >= 11 is 0. The summed E-state index contributed by atoms with van der Waals surface area (Å²) in [5.41, 5.74) is 2.71. The highest BCUT2D eigenvalue weighted by Gasteiger charge is 2.16. The summed E-state index contributed by atoms with van der Waals surface area (Å²) in [6, 6.07) is 2.21. The first kappa shape index (κ1) is 25.4. The van der Waals surface area contributed by atoms with Crippen molar-refractivity contribution in [2.75, 3.05) is 13.2 Å². The third-order valence-electron chi connectivity index (χ3n) is 5.12. The van der Waals surface area contributed by atoms with Crippen LogP contribution in [-0.4, -0.2) is 36.4 Å². The zero-order valence-corrected chi connectivity index (χ0v) is 19.3. The smallest absolute Gasteiger partial charge is 0.311 e. The number of hydrogen-bond acceptors (Lipinski definition) is 5. The Bertz CT molecular complexity index is 628. The van der Waals surface area contributed by atoms with Crippen LogP contribution in [0, 0.1) is 20.8 Å². The van der Waals surface area contributed by atoms with Gasteiger partial charge in [0.05, 0.1) is 0 Å². The first-order valence-corrected chi connectivity index (χ1v) is 11.1. The molecule has 0 spiro atoms. The highest BCUT2D eigenvalue weighted by Crippen LogP contribution is 2.33. The van der Waals surface area contributed by atoms with Crippen molar-refractivity contribution in [3.8, 4) is 11.5 Å². The van der Waals surface area contributed by atoms with E-state index in [4.69, 9.17) is 9.47 Å². The normalized spacial score (nSPS) is 12.3. The Morgan fingerprint density at radius 2 is 1.72 bits per heavy atom. The van der Waals surface area contributed by atoms with Gasteiger partial charge in [0, 0.05) is 19.0 Å². The number of aryl methyl sites for hydroxylation is 1. The van der Waals surface area contributed by atoms with Crippen LogP contribution in [0.4, 0.5) is 0 Å². The third kappa shape index (κ3) is 9.64. The summed E-state index contributed by atoms with van der Waals surface area (Å²) < 4.78 is 11.5. The molecule has 0 radical (unpaired) electrons. The van der Waals surface area contributed by atoms with E-state index < -0.39 is 6.10 Å². The van der Waals surface area contributed by atoms with Crippen molar-refractivity contribution in [3.63, 3.8) is 0 Å². The molecule has 0 heterocycles. The van der Waals surface area contributed by atoms with E-state index in [-0.39, 0.29) is 12.6 Å². The fourth-order valence-corrected chi connectivity index (χ4v) is 3.16. The van der Waals surface area contributed by atoms with E-state index in [9.17, 15) is 9.90 Å². The highest BCUT2D eigenvalue weighted by molar-refractivity contribution is 5.73. The minimum Gasteiger partial charge on any atom is -0.491 e. The average molecular weight is 408 g/mol. The summed E-state index contributed by atoms with van der Waals surface area (Å²) in [4.78, 5) is 12.3. The maximum absolute atomic E-state index is 12.3. The van der Waals surface area contributed by atoms with Crippen molar-refractivity contribution in [2.24, 2.45) is 0 Å². The first-order valence-electron chi connectivity index (χ1n) is 11.1. The number of ether oxygens (including phenoxy) is 2. The van der Waals surface area contributed by atoms with E-state index in [1.807, 2.05) is 40.7 Å². The number of carbonyl (C=O) groups is 1. The quantitative estimate of drug-likeness (QED) is 0.258. The van der Waals surface area contributed by atoms with E-state index in [0.29, 0.717) is 24.8 Å². The van der Waals surface area contributed by atoms with Crippen molar-refractivity contribution in [3.05, 3.63) is 22.8 Å². The number of carbonyl (C=O) groups excluding carboxylic acids is 1. The number of benzene rings is 1. The van der Waals surface area contributed by atoms with Gasteiger partial charge in [-0.3, -0.25) is 4.79 Å². The fourth-order valence-electron chi connectivity index (χ4n) is 3.16. The molecule has 5 nitrogen and oxygen atoms in total. The summed E-state index contributed by atoms with van der Waals surface area (Å²) in [5.74, 6) is 1.18. The minimum absolute atomic E-state index is 0.171. The van der Waals surface area contributed by atoms with Gasteiger partial charge >= 0.3 is 5.97 Å². The highest BCUT2D eigenvalue weighted by atomic mass is 16.5. The van der Waals surface area contributed by atoms with Gasteiger partial charge < -0.3 is 19.9 Å². The Labute approximate surface area is 177 Å². The van der Waals surface area contributed by atoms with Gasteiger partial charge in [-0.2, -0.15) is 0 Å². The van der Waals surface area contributed by atoms with Crippen molar-refractivity contribution >= 4 is 5.97 Å². The summed E-state index contributed by atoms with van der Waals surface area (Å²) in [5, 5.41) is 13.2. The monoisotopic (exact) mass is 407 g/mol. The average Bonchev–Trinajstić information content (AvgIpc) is 2.68. The molecule has 29 heavy (non-hydrogen) atoms. The van der Waals surface area contributed by atoms with Crippen LogP contribution in [0.2, 0.25) is 0 Å². The third-order valence-corrected chi connectivity index (χ3v) is 5.12. The Morgan fingerprint density at radius 3 is 2.38 bits per heavy atom. The van der Waals surface area contributed by atoms with Gasteiger partial charge in [0.2, 0.25) is 0 Å². The van der Waals surface area contributed by atoms with E-state index in [1.165, 1.54) is 25.7 Å². The van der Waals surface area contributed by atoms with E-state index in [0.717, 1.165) is 35.3 Å². The standard InChI is InChI=1S/C24H41NO4/c1-7-8-9-10-11-12-13-23(27)29-24-18(4)14-22(19(5)20(24)6)28-16-21(26)15-25-17(2)3/h14,17,21,25-26H,7-13,15-16H2,1-6H3/t21-/m0/s1. The second kappa shape index (κ2) is 13.6. The van der Waals surface area contributed by atoms with Crippen LogP contribution in [0.25, 0.3) is 0 Å². The lowest BCUT2D eigenvalue weighted by molar-refractivity contribution is -0.134. The van der Waals surface area contributed by atoms with Gasteiger partial charge in [-0.25, -0.2) is 0 Å². The molecule has 5 heteroatoms. The molecule has 0 fully saturated rings. The van der Waals surface area contributed by atoms with Crippen molar-refractivity contribution in [2.45, 2.75) is 98.6 Å². The number of aliphatic hydroxyl groups excluding tert-OH is 1. The lowest BCUT2D eigenvalue weighted by Crippen LogP contribution is -2.35. The molecule has 0 aliphatic rings. The molecule has 0 saturated heterocycles. The van der Waals surface area contributed by atoms with Crippen LogP contribution in [-0.2, 0) is 4.79 Å². The fraction of sp³-hybridized carbons (Fsp3) is 0.708. The van der Waals surface area contributed by atoms with Crippen LogP contribution in [0.1, 0.15) is 82.4 Å². The number of aliphatic hydroxyl groups is 1. The second-order valence-electron chi connectivity index (χ2n) is 8.29. The van der Waals surface area contributed by atoms with Crippen LogP contribution in [0.15, 0.2) is 6.07 Å². The topological polar surface area (TPSA) is 67.8 Å². The zero-order chi connectivity index (χ0) is 21.8. The van der Waals surface area contributed by atoms with Gasteiger partial charge in [0.25, 0.3) is 0 Å². The molecule has 0 amide bonds. The second-order valence-corrected chi connectivity index (χ2v) is 8.29. The van der Waals surface area contributed by atoms with Gasteiger partial charge in [-0.1, -0.05) is 52.9 Å². The molecule has 0 saturated carbocycles. The van der Waals surface area contributed by atoms with Crippen molar-refractivity contribution < 1.29 is 19.4 Å². The van der Waals surface area contributed by atoms with Crippen LogP contribution in [0.3, 0.4) is 0 Å². The zero-order valence-electron chi connectivity index (χ0n) is 19.3. The molecule has 2 N–H and O–H groups in total. The lowest BCUT2D eigenvalue weighted by atomic mass is 10.0.